The highest BCUT2D eigenvalue weighted by Gasteiger charge is 2.18. The summed E-state index contributed by atoms with van der Waals surface area (Å²) in [5.41, 5.74) is 10.8. The molecule has 1 nitrogen and oxygen atoms in total. The van der Waals surface area contributed by atoms with Crippen molar-refractivity contribution in [1.82, 2.24) is 4.57 Å². The van der Waals surface area contributed by atoms with Crippen LogP contribution in [0.15, 0.2) is 188 Å². The minimum absolute atomic E-state index is 1.15. The predicted molar refractivity (Wildman–Crippen MR) is 210 cm³/mol. The summed E-state index contributed by atoms with van der Waals surface area (Å²) in [5, 5.41) is 10.3. The third kappa shape index (κ3) is 4.40. The van der Waals surface area contributed by atoms with Crippen molar-refractivity contribution in [1.29, 1.82) is 0 Å². The lowest BCUT2D eigenvalue weighted by molar-refractivity contribution is 1.18. The monoisotopic (exact) mass is 621 g/mol. The Morgan fingerprint density at radius 3 is 1.37 bits per heavy atom. The second-order valence-corrected chi connectivity index (χ2v) is 12.9. The number of hydrogen-bond acceptors (Lipinski definition) is 0. The van der Waals surface area contributed by atoms with Crippen LogP contribution in [0.25, 0.3) is 93.2 Å². The molecule has 0 atom stereocenters. The van der Waals surface area contributed by atoms with Crippen LogP contribution in [-0.4, -0.2) is 4.57 Å². The van der Waals surface area contributed by atoms with Gasteiger partial charge in [0.05, 0.1) is 11.0 Å². The van der Waals surface area contributed by atoms with Gasteiger partial charge in [-0.2, -0.15) is 0 Å². The van der Waals surface area contributed by atoms with Gasteiger partial charge in [-0.05, 0) is 102 Å². The van der Waals surface area contributed by atoms with Crippen molar-refractivity contribution in [2.24, 2.45) is 0 Å². The van der Waals surface area contributed by atoms with Crippen molar-refractivity contribution in [3.63, 3.8) is 0 Å². The van der Waals surface area contributed by atoms with E-state index >= 15 is 0 Å². The summed E-state index contributed by atoms with van der Waals surface area (Å²) in [6.45, 7) is 0. The summed E-state index contributed by atoms with van der Waals surface area (Å²) in [4.78, 5) is 0. The lowest BCUT2D eigenvalue weighted by atomic mass is 9.91. The number of nitrogens with zero attached hydrogens (tertiary/aromatic N) is 1. The Hall–Kier alpha value is -6.44. The van der Waals surface area contributed by atoms with E-state index in [0.29, 0.717) is 0 Å². The molecule has 0 aliphatic heterocycles. The molecule has 49 heavy (non-hydrogen) atoms. The average molecular weight is 622 g/mol. The van der Waals surface area contributed by atoms with Gasteiger partial charge in [-0.25, -0.2) is 0 Å². The van der Waals surface area contributed by atoms with Crippen molar-refractivity contribution >= 4 is 54.1 Å². The Morgan fingerprint density at radius 2 is 0.755 bits per heavy atom. The molecule has 0 amide bonds. The molecule has 0 unspecified atom stereocenters. The molecule has 10 aromatic rings. The van der Waals surface area contributed by atoms with Gasteiger partial charge in [-0.1, -0.05) is 152 Å². The van der Waals surface area contributed by atoms with Crippen LogP contribution in [0.4, 0.5) is 0 Å². The van der Waals surface area contributed by atoms with Crippen LogP contribution in [-0.2, 0) is 0 Å². The smallest absolute Gasteiger partial charge is 0.0547 e. The SMILES string of the molecule is c1ccc(-c2cc(-c3ccccc3)cc(-n3c4ccccc4c4c(-c5ccc6c7ccccc7c7ccccc7c6c5)cccc43)c2)cc1. The Labute approximate surface area is 284 Å². The van der Waals surface area contributed by atoms with Crippen molar-refractivity contribution < 1.29 is 0 Å². The molecule has 0 bridgehead atoms. The van der Waals surface area contributed by atoms with Crippen molar-refractivity contribution in [2.45, 2.75) is 0 Å². The van der Waals surface area contributed by atoms with Crippen LogP contribution in [0.1, 0.15) is 0 Å². The lowest BCUT2D eigenvalue weighted by Crippen LogP contribution is -1.96. The highest BCUT2D eigenvalue weighted by molar-refractivity contribution is 6.26. The maximum absolute atomic E-state index is 2.46. The number of aromatic nitrogens is 1. The minimum atomic E-state index is 1.15. The summed E-state index contributed by atoms with van der Waals surface area (Å²) in [5.74, 6) is 0. The number of fused-ring (bicyclic) bond motifs is 9. The molecule has 0 saturated carbocycles. The van der Waals surface area contributed by atoms with Crippen LogP contribution in [0, 0.1) is 0 Å². The summed E-state index contributed by atoms with van der Waals surface area (Å²) in [6.07, 6.45) is 0. The van der Waals surface area contributed by atoms with Gasteiger partial charge in [0.15, 0.2) is 0 Å². The molecule has 0 saturated heterocycles. The third-order valence-corrected chi connectivity index (χ3v) is 10.1. The summed E-state index contributed by atoms with van der Waals surface area (Å²) < 4.78 is 2.46. The molecule has 0 spiro atoms. The molecule has 0 N–H and O–H groups in total. The maximum atomic E-state index is 2.46. The van der Waals surface area contributed by atoms with E-state index in [1.807, 2.05) is 0 Å². The zero-order valence-corrected chi connectivity index (χ0v) is 26.8. The Balaban J connectivity index is 1.26. The van der Waals surface area contributed by atoms with Crippen LogP contribution in [0.3, 0.4) is 0 Å². The summed E-state index contributed by atoms with van der Waals surface area (Å²) in [6, 6.07) is 68.7. The first kappa shape index (κ1) is 27.7. The molecule has 10 rings (SSSR count). The molecular weight excluding hydrogens is 591 g/mol. The third-order valence-electron chi connectivity index (χ3n) is 10.1. The summed E-state index contributed by atoms with van der Waals surface area (Å²) >= 11 is 0. The largest absolute Gasteiger partial charge is 0.309 e. The second-order valence-electron chi connectivity index (χ2n) is 12.9. The number of para-hydroxylation sites is 1. The van der Waals surface area contributed by atoms with Gasteiger partial charge in [0.25, 0.3) is 0 Å². The summed E-state index contributed by atoms with van der Waals surface area (Å²) in [7, 11) is 0. The fourth-order valence-electron chi connectivity index (χ4n) is 7.95. The topological polar surface area (TPSA) is 4.93 Å². The quantitative estimate of drug-likeness (QED) is 0.172. The predicted octanol–water partition coefficient (Wildman–Crippen LogP) is 13.2. The van der Waals surface area contributed by atoms with E-state index in [0.717, 1.165) is 5.69 Å². The second kappa shape index (κ2) is 11.1. The molecule has 0 aliphatic carbocycles. The van der Waals surface area contributed by atoms with E-state index in [1.54, 1.807) is 0 Å². The zero-order valence-electron chi connectivity index (χ0n) is 26.8. The molecule has 1 heterocycles. The number of hydrogen-bond donors (Lipinski definition) is 0. The van der Waals surface area contributed by atoms with Gasteiger partial charge < -0.3 is 4.57 Å². The van der Waals surface area contributed by atoms with Gasteiger partial charge in [0.2, 0.25) is 0 Å². The van der Waals surface area contributed by atoms with Crippen molar-refractivity contribution in [3.8, 4) is 39.1 Å². The highest BCUT2D eigenvalue weighted by atomic mass is 15.0. The molecular formula is C48H31N. The number of benzene rings is 9. The van der Waals surface area contributed by atoms with E-state index < -0.39 is 0 Å². The molecule has 228 valence electrons. The van der Waals surface area contributed by atoms with Crippen molar-refractivity contribution in [2.75, 3.05) is 0 Å². The van der Waals surface area contributed by atoms with E-state index in [9.17, 15) is 0 Å². The molecule has 0 radical (unpaired) electrons. The molecule has 0 aliphatic rings. The Bertz CT molecular complexity index is 2770. The van der Waals surface area contributed by atoms with Gasteiger partial charge in [0.1, 0.15) is 0 Å². The van der Waals surface area contributed by atoms with Crippen LogP contribution in [0.5, 0.6) is 0 Å². The Morgan fingerprint density at radius 1 is 0.265 bits per heavy atom. The zero-order chi connectivity index (χ0) is 32.3. The maximum Gasteiger partial charge on any atom is 0.0547 e. The highest BCUT2D eigenvalue weighted by Crippen LogP contribution is 2.42. The fraction of sp³-hybridized carbons (Fsp3) is 0. The standard InChI is InChI=1S/C48H31N/c1-3-14-32(15-4-1)35-28-36(33-16-5-2-6-17-33)30-37(29-35)49-46-24-12-11-22-44(46)48-38(23-13-25-47(48)49)34-26-27-43-41-20-8-7-18-39(41)40-19-9-10-21-42(40)45(43)31-34/h1-31H. The van der Waals surface area contributed by atoms with Crippen LogP contribution in [0.2, 0.25) is 0 Å². The molecule has 1 aromatic heterocycles. The van der Waals surface area contributed by atoms with E-state index in [-0.39, 0.29) is 0 Å². The van der Waals surface area contributed by atoms with E-state index in [4.69, 9.17) is 0 Å². The van der Waals surface area contributed by atoms with Gasteiger partial charge in [-0.15, -0.1) is 0 Å². The minimum Gasteiger partial charge on any atom is -0.309 e. The van der Waals surface area contributed by atoms with Gasteiger partial charge in [0, 0.05) is 16.5 Å². The first-order chi connectivity index (χ1) is 24.3. The number of rotatable bonds is 4. The Kier molecular flexibility index (Phi) is 6.25. The average Bonchev–Trinajstić information content (AvgIpc) is 3.53. The van der Waals surface area contributed by atoms with Gasteiger partial charge >= 0.3 is 0 Å². The van der Waals surface area contributed by atoms with E-state index in [2.05, 4.69) is 193 Å². The molecule has 1 heteroatoms. The van der Waals surface area contributed by atoms with E-state index in [1.165, 1.54) is 87.5 Å². The normalized spacial score (nSPS) is 11.7. The molecule has 0 fully saturated rings. The first-order valence-electron chi connectivity index (χ1n) is 16.9. The van der Waals surface area contributed by atoms with Crippen LogP contribution < -0.4 is 0 Å². The van der Waals surface area contributed by atoms with Crippen LogP contribution >= 0.6 is 0 Å². The van der Waals surface area contributed by atoms with Gasteiger partial charge in [-0.3, -0.25) is 0 Å². The van der Waals surface area contributed by atoms with Crippen molar-refractivity contribution in [3.05, 3.63) is 188 Å². The molecule has 9 aromatic carbocycles. The fourth-order valence-corrected chi connectivity index (χ4v) is 7.95. The first-order valence-corrected chi connectivity index (χ1v) is 16.9. The lowest BCUT2D eigenvalue weighted by Gasteiger charge is -2.14.